The molecule has 0 spiro atoms. The van der Waals surface area contributed by atoms with Crippen molar-refractivity contribution in [3.63, 3.8) is 0 Å². The Morgan fingerprint density at radius 1 is 1.26 bits per heavy atom. The van der Waals surface area contributed by atoms with Gasteiger partial charge in [0.25, 0.3) is 0 Å². The number of nitrogen functional groups attached to an aromatic ring is 1. The van der Waals surface area contributed by atoms with E-state index in [1.807, 2.05) is 0 Å². The molecule has 19 heavy (non-hydrogen) atoms. The number of sulfonamides is 1. The van der Waals surface area contributed by atoms with Crippen LogP contribution in [0.25, 0.3) is 0 Å². The Bertz CT molecular complexity index is 608. The van der Waals surface area contributed by atoms with E-state index < -0.39 is 10.0 Å². The van der Waals surface area contributed by atoms with Gasteiger partial charge < -0.3 is 10.7 Å². The number of rotatable bonds is 6. The highest BCUT2D eigenvalue weighted by Crippen LogP contribution is 2.05. The van der Waals surface area contributed by atoms with Crippen LogP contribution in [0.15, 0.2) is 29.7 Å². The summed E-state index contributed by atoms with van der Waals surface area (Å²) in [5.74, 6) is 0.867. The van der Waals surface area contributed by atoms with Crippen LogP contribution in [-0.2, 0) is 16.4 Å². The van der Waals surface area contributed by atoms with Crippen molar-refractivity contribution < 1.29 is 8.42 Å². The van der Waals surface area contributed by atoms with Gasteiger partial charge in [-0.15, -0.1) is 0 Å². The second-order valence-electron chi connectivity index (χ2n) is 3.81. The molecule has 0 bridgehead atoms. The number of nitrogens with two attached hydrogens (primary N) is 1. The summed E-state index contributed by atoms with van der Waals surface area (Å²) in [4.78, 5) is 14.3. The van der Waals surface area contributed by atoms with E-state index in [0.717, 1.165) is 5.82 Å². The maximum Gasteiger partial charge on any atom is 0.243 e. The first-order chi connectivity index (χ1) is 9.08. The van der Waals surface area contributed by atoms with Gasteiger partial charge in [-0.1, -0.05) is 0 Å². The van der Waals surface area contributed by atoms with Gasteiger partial charge >= 0.3 is 0 Å². The van der Waals surface area contributed by atoms with Gasteiger partial charge in [-0.25, -0.2) is 28.1 Å². The molecule has 0 aliphatic heterocycles. The van der Waals surface area contributed by atoms with Gasteiger partial charge in [-0.05, 0) is 6.42 Å². The van der Waals surface area contributed by atoms with E-state index in [1.165, 1.54) is 12.4 Å². The minimum absolute atomic E-state index is 0.000279. The first kappa shape index (κ1) is 13.4. The van der Waals surface area contributed by atoms with Crippen molar-refractivity contribution >= 4 is 16.0 Å². The van der Waals surface area contributed by atoms with Gasteiger partial charge in [-0.3, -0.25) is 0 Å². The number of hydrogen-bond donors (Lipinski definition) is 3. The van der Waals surface area contributed by atoms with E-state index >= 15 is 0 Å². The summed E-state index contributed by atoms with van der Waals surface area (Å²) in [6.07, 6.45) is 7.06. The van der Waals surface area contributed by atoms with E-state index in [9.17, 15) is 8.42 Å². The average Bonchev–Trinajstić information content (AvgIpc) is 2.88. The van der Waals surface area contributed by atoms with E-state index in [2.05, 4.69) is 24.7 Å². The molecule has 2 heterocycles. The third-order valence-electron chi connectivity index (χ3n) is 2.40. The fourth-order valence-corrected chi connectivity index (χ4v) is 2.41. The third kappa shape index (κ3) is 3.73. The van der Waals surface area contributed by atoms with Gasteiger partial charge in [0.2, 0.25) is 16.0 Å². The fraction of sp³-hybridized carbons (Fsp3) is 0.300. The summed E-state index contributed by atoms with van der Waals surface area (Å²) in [5.41, 5.74) is 5.30. The molecule has 0 saturated heterocycles. The predicted molar refractivity (Wildman–Crippen MR) is 68.5 cm³/mol. The Kier molecular flexibility index (Phi) is 4.07. The van der Waals surface area contributed by atoms with Crippen LogP contribution in [0.3, 0.4) is 0 Å². The minimum atomic E-state index is -3.58. The number of aromatic amines is 1. The first-order valence-electron chi connectivity index (χ1n) is 5.63. The molecule has 0 unspecified atom stereocenters. The van der Waals surface area contributed by atoms with Crippen molar-refractivity contribution in [2.45, 2.75) is 17.7 Å². The number of nitrogens with one attached hydrogen (secondary N) is 2. The van der Waals surface area contributed by atoms with E-state index in [0.29, 0.717) is 19.4 Å². The second kappa shape index (κ2) is 5.76. The zero-order valence-corrected chi connectivity index (χ0v) is 10.9. The smallest absolute Gasteiger partial charge is 0.243 e. The van der Waals surface area contributed by atoms with Gasteiger partial charge in [0.1, 0.15) is 10.7 Å². The topological polar surface area (TPSA) is 127 Å². The molecule has 2 rings (SSSR count). The molecule has 2 aromatic rings. The molecule has 0 fully saturated rings. The van der Waals surface area contributed by atoms with E-state index in [-0.39, 0.29) is 10.8 Å². The Labute approximate surface area is 110 Å². The van der Waals surface area contributed by atoms with Crippen LogP contribution in [0.4, 0.5) is 5.95 Å². The van der Waals surface area contributed by atoms with Gasteiger partial charge in [0.05, 0.1) is 12.4 Å². The summed E-state index contributed by atoms with van der Waals surface area (Å²) in [6, 6.07) is 0. The molecule has 0 saturated carbocycles. The summed E-state index contributed by atoms with van der Waals surface area (Å²) in [6.45, 7) is 0.313. The Balaban J connectivity index is 1.86. The lowest BCUT2D eigenvalue weighted by Crippen LogP contribution is -2.25. The Morgan fingerprint density at radius 3 is 2.63 bits per heavy atom. The van der Waals surface area contributed by atoms with Crippen molar-refractivity contribution in [3.8, 4) is 0 Å². The van der Waals surface area contributed by atoms with Crippen LogP contribution < -0.4 is 10.5 Å². The maximum atomic E-state index is 11.8. The van der Waals surface area contributed by atoms with Crippen LogP contribution in [0.2, 0.25) is 0 Å². The molecule has 0 amide bonds. The third-order valence-corrected chi connectivity index (χ3v) is 3.81. The number of hydrogen-bond acceptors (Lipinski definition) is 6. The lowest BCUT2D eigenvalue weighted by molar-refractivity contribution is 0.577. The molecule has 0 atom stereocenters. The molecule has 9 heteroatoms. The molecular formula is C10H14N6O2S. The highest BCUT2D eigenvalue weighted by Gasteiger charge is 2.14. The Morgan fingerprint density at radius 2 is 2.00 bits per heavy atom. The summed E-state index contributed by atoms with van der Waals surface area (Å²) in [7, 11) is -3.58. The number of anilines is 1. The molecule has 8 nitrogen and oxygen atoms in total. The molecular weight excluding hydrogens is 268 g/mol. The standard InChI is InChI=1S/C10H14N6O2S/c11-10-14-6-8(7-15-10)19(17,18)16-3-1-2-9-12-4-5-13-9/h4-7,16H,1-3H2,(H,12,13)(H2,11,14,15). The highest BCUT2D eigenvalue weighted by molar-refractivity contribution is 7.89. The number of imidazole rings is 1. The highest BCUT2D eigenvalue weighted by atomic mass is 32.2. The minimum Gasteiger partial charge on any atom is -0.368 e. The van der Waals surface area contributed by atoms with Crippen molar-refractivity contribution in [2.24, 2.45) is 0 Å². The molecule has 0 aliphatic rings. The molecule has 0 aromatic carbocycles. The number of H-pyrrole nitrogens is 1. The van der Waals surface area contributed by atoms with Gasteiger partial charge in [-0.2, -0.15) is 0 Å². The Hall–Kier alpha value is -2.00. The number of aryl methyl sites for hydroxylation is 1. The lowest BCUT2D eigenvalue weighted by atomic mass is 10.3. The summed E-state index contributed by atoms with van der Waals surface area (Å²) < 4.78 is 26.2. The second-order valence-corrected chi connectivity index (χ2v) is 5.58. The molecule has 102 valence electrons. The van der Waals surface area contributed by atoms with Crippen LogP contribution >= 0.6 is 0 Å². The van der Waals surface area contributed by atoms with Crippen molar-refractivity contribution in [1.82, 2.24) is 24.7 Å². The SMILES string of the molecule is Nc1ncc(S(=O)(=O)NCCCc2ncc[nH]2)cn1. The van der Waals surface area contributed by atoms with Gasteiger partial charge in [0.15, 0.2) is 0 Å². The summed E-state index contributed by atoms with van der Waals surface area (Å²) in [5, 5.41) is 0. The van der Waals surface area contributed by atoms with Crippen LogP contribution in [-0.4, -0.2) is 34.9 Å². The van der Waals surface area contributed by atoms with E-state index in [1.54, 1.807) is 12.4 Å². The largest absolute Gasteiger partial charge is 0.368 e. The molecule has 0 radical (unpaired) electrons. The lowest BCUT2D eigenvalue weighted by Gasteiger charge is -2.05. The number of nitrogens with zero attached hydrogens (tertiary/aromatic N) is 3. The quantitative estimate of drug-likeness (QED) is 0.624. The fourth-order valence-electron chi connectivity index (χ4n) is 1.45. The van der Waals surface area contributed by atoms with Crippen molar-refractivity contribution in [1.29, 1.82) is 0 Å². The molecule has 0 aliphatic carbocycles. The van der Waals surface area contributed by atoms with Gasteiger partial charge in [0, 0.05) is 25.4 Å². The van der Waals surface area contributed by atoms with E-state index in [4.69, 9.17) is 5.73 Å². The van der Waals surface area contributed by atoms with Crippen molar-refractivity contribution in [3.05, 3.63) is 30.6 Å². The zero-order chi connectivity index (χ0) is 13.7. The van der Waals surface area contributed by atoms with Crippen LogP contribution in [0, 0.1) is 0 Å². The molecule has 4 N–H and O–H groups in total. The molecule has 2 aromatic heterocycles. The zero-order valence-electron chi connectivity index (χ0n) is 10.1. The monoisotopic (exact) mass is 282 g/mol. The number of aromatic nitrogens is 4. The first-order valence-corrected chi connectivity index (χ1v) is 7.12. The predicted octanol–water partition coefficient (Wildman–Crippen LogP) is -0.307. The van der Waals surface area contributed by atoms with Crippen LogP contribution in [0.5, 0.6) is 0 Å². The van der Waals surface area contributed by atoms with Crippen LogP contribution in [0.1, 0.15) is 12.2 Å². The van der Waals surface area contributed by atoms with Crippen molar-refractivity contribution in [2.75, 3.05) is 12.3 Å². The normalized spacial score (nSPS) is 11.6. The maximum absolute atomic E-state index is 11.8. The average molecular weight is 282 g/mol. The summed E-state index contributed by atoms with van der Waals surface area (Å²) >= 11 is 0.